The predicted molar refractivity (Wildman–Crippen MR) is 96.6 cm³/mol. The highest BCUT2D eigenvalue weighted by Gasteiger charge is 2.13. The Labute approximate surface area is 144 Å². The summed E-state index contributed by atoms with van der Waals surface area (Å²) < 4.78 is 1.39. The predicted octanol–water partition coefficient (Wildman–Crippen LogP) is 3.79. The monoisotopic (exact) mass is 336 g/mol. The van der Waals surface area contributed by atoms with E-state index in [1.54, 1.807) is 31.1 Å². The third-order valence-corrected chi connectivity index (χ3v) is 4.56. The summed E-state index contributed by atoms with van der Waals surface area (Å²) in [6.07, 6.45) is 1.62. The van der Waals surface area contributed by atoms with Crippen LogP contribution >= 0.6 is 11.8 Å². The van der Waals surface area contributed by atoms with Crippen molar-refractivity contribution < 1.29 is 4.79 Å². The Kier molecular flexibility index (Phi) is 4.82. The molecule has 1 heterocycles. The number of aryl methyl sites for hydroxylation is 1. The summed E-state index contributed by atoms with van der Waals surface area (Å²) in [5.41, 5.74) is 0.491. The van der Waals surface area contributed by atoms with Gasteiger partial charge in [-0.05, 0) is 36.4 Å². The molecule has 1 aromatic heterocycles. The average molecular weight is 336 g/mol. The van der Waals surface area contributed by atoms with E-state index in [-0.39, 0.29) is 11.1 Å². The van der Waals surface area contributed by atoms with Gasteiger partial charge in [-0.3, -0.25) is 9.59 Å². The second-order valence-corrected chi connectivity index (χ2v) is 6.32. The molecule has 0 bridgehead atoms. The molecule has 0 saturated heterocycles. The molecule has 4 nitrogen and oxygen atoms in total. The Hall–Kier alpha value is -2.79. The second kappa shape index (κ2) is 7.19. The van der Waals surface area contributed by atoms with E-state index in [1.807, 2.05) is 54.6 Å². The number of hydrogen-bond acceptors (Lipinski definition) is 3. The Balaban J connectivity index is 1.87. The fraction of sp³-hybridized carbons (Fsp3) is 0.0526. The molecular formula is C19H16N2O2S. The highest BCUT2D eigenvalue weighted by atomic mass is 32.2. The number of amides is 1. The normalized spacial score (nSPS) is 10.4. The van der Waals surface area contributed by atoms with Gasteiger partial charge in [0.2, 0.25) is 0 Å². The number of aromatic nitrogens is 1. The van der Waals surface area contributed by atoms with Gasteiger partial charge in [-0.15, -0.1) is 0 Å². The molecule has 0 unspecified atom stereocenters. The first-order valence-electron chi connectivity index (χ1n) is 7.44. The molecule has 1 amide bonds. The summed E-state index contributed by atoms with van der Waals surface area (Å²) in [5.74, 6) is -0.405. The van der Waals surface area contributed by atoms with Crippen molar-refractivity contribution >= 4 is 23.4 Å². The molecule has 5 heteroatoms. The summed E-state index contributed by atoms with van der Waals surface area (Å²) in [7, 11) is 1.62. The van der Waals surface area contributed by atoms with Crippen LogP contribution in [-0.2, 0) is 7.05 Å². The summed E-state index contributed by atoms with van der Waals surface area (Å²) in [5, 5.41) is 2.84. The number of pyridine rings is 1. The second-order valence-electron chi connectivity index (χ2n) is 5.20. The molecule has 120 valence electrons. The summed E-state index contributed by atoms with van der Waals surface area (Å²) >= 11 is 1.56. The highest BCUT2D eigenvalue weighted by Crippen LogP contribution is 2.33. The Morgan fingerprint density at radius 3 is 2.46 bits per heavy atom. The van der Waals surface area contributed by atoms with Gasteiger partial charge in [0.15, 0.2) is 0 Å². The quantitative estimate of drug-likeness (QED) is 0.789. The van der Waals surface area contributed by atoms with Crippen LogP contribution in [0.3, 0.4) is 0 Å². The number of rotatable bonds is 4. The maximum Gasteiger partial charge on any atom is 0.263 e. The molecule has 24 heavy (non-hydrogen) atoms. The van der Waals surface area contributed by atoms with Crippen molar-refractivity contribution in [3.63, 3.8) is 0 Å². The number of anilines is 1. The van der Waals surface area contributed by atoms with Crippen molar-refractivity contribution in [3.05, 3.63) is 88.8 Å². The lowest BCUT2D eigenvalue weighted by atomic mass is 10.2. The molecule has 0 aliphatic heterocycles. The van der Waals surface area contributed by atoms with Gasteiger partial charge in [0, 0.05) is 23.0 Å². The molecule has 2 aromatic carbocycles. The molecule has 0 aliphatic rings. The van der Waals surface area contributed by atoms with Crippen molar-refractivity contribution in [2.24, 2.45) is 7.05 Å². The first-order valence-corrected chi connectivity index (χ1v) is 8.26. The highest BCUT2D eigenvalue weighted by molar-refractivity contribution is 7.99. The lowest BCUT2D eigenvalue weighted by Crippen LogP contribution is -2.27. The fourth-order valence-electron chi connectivity index (χ4n) is 2.23. The van der Waals surface area contributed by atoms with Gasteiger partial charge in [0.1, 0.15) is 5.56 Å². The SMILES string of the molecule is Cn1cccc(C(=O)Nc2ccccc2Sc2ccccc2)c1=O. The molecular weight excluding hydrogens is 320 g/mol. The average Bonchev–Trinajstić information content (AvgIpc) is 2.60. The van der Waals surface area contributed by atoms with Crippen LogP contribution in [0.15, 0.2) is 87.5 Å². The molecule has 0 radical (unpaired) electrons. The molecule has 3 aromatic rings. The van der Waals surface area contributed by atoms with Gasteiger partial charge in [0.05, 0.1) is 5.69 Å². The zero-order valence-corrected chi connectivity index (χ0v) is 13.9. The Morgan fingerprint density at radius 1 is 0.958 bits per heavy atom. The van der Waals surface area contributed by atoms with Crippen LogP contribution in [0.1, 0.15) is 10.4 Å². The summed E-state index contributed by atoms with van der Waals surface area (Å²) in [6.45, 7) is 0. The molecule has 0 atom stereocenters. The van der Waals surface area contributed by atoms with Gasteiger partial charge < -0.3 is 9.88 Å². The number of hydrogen-bond donors (Lipinski definition) is 1. The first kappa shape index (κ1) is 16.1. The van der Waals surface area contributed by atoms with Crippen LogP contribution < -0.4 is 10.9 Å². The lowest BCUT2D eigenvalue weighted by Gasteiger charge is -2.11. The zero-order chi connectivity index (χ0) is 16.9. The minimum atomic E-state index is -0.405. The van der Waals surface area contributed by atoms with Crippen molar-refractivity contribution in [1.82, 2.24) is 4.57 Å². The summed E-state index contributed by atoms with van der Waals surface area (Å²) in [6, 6.07) is 20.7. The molecule has 1 N–H and O–H groups in total. The number of carbonyl (C=O) groups is 1. The molecule has 0 aliphatic carbocycles. The van der Waals surface area contributed by atoms with Crippen molar-refractivity contribution in [2.75, 3.05) is 5.32 Å². The third kappa shape index (κ3) is 3.58. The lowest BCUT2D eigenvalue weighted by molar-refractivity contribution is 0.102. The minimum absolute atomic E-state index is 0.125. The van der Waals surface area contributed by atoms with Gasteiger partial charge in [-0.1, -0.05) is 42.1 Å². The van der Waals surface area contributed by atoms with Crippen molar-refractivity contribution in [3.8, 4) is 0 Å². The maximum atomic E-state index is 12.5. The van der Waals surface area contributed by atoms with Gasteiger partial charge in [0.25, 0.3) is 11.5 Å². The molecule has 0 spiro atoms. The Morgan fingerprint density at radius 2 is 1.67 bits per heavy atom. The van der Waals surface area contributed by atoms with E-state index in [9.17, 15) is 9.59 Å². The summed E-state index contributed by atoms with van der Waals surface area (Å²) in [4.78, 5) is 26.5. The van der Waals surface area contributed by atoms with Crippen LogP contribution in [0.2, 0.25) is 0 Å². The van der Waals surface area contributed by atoms with E-state index in [0.717, 1.165) is 9.79 Å². The number of para-hydroxylation sites is 1. The minimum Gasteiger partial charge on any atom is -0.321 e. The van der Waals surface area contributed by atoms with Crippen LogP contribution in [0.5, 0.6) is 0 Å². The van der Waals surface area contributed by atoms with Gasteiger partial charge in [-0.25, -0.2) is 0 Å². The maximum absolute atomic E-state index is 12.5. The van der Waals surface area contributed by atoms with E-state index in [2.05, 4.69) is 5.32 Å². The number of carbonyl (C=O) groups excluding carboxylic acids is 1. The van der Waals surface area contributed by atoms with Gasteiger partial charge >= 0.3 is 0 Å². The van der Waals surface area contributed by atoms with Gasteiger partial charge in [-0.2, -0.15) is 0 Å². The molecule has 0 fully saturated rings. The fourth-order valence-corrected chi connectivity index (χ4v) is 3.16. The van der Waals surface area contributed by atoms with Crippen LogP contribution in [0.4, 0.5) is 5.69 Å². The van der Waals surface area contributed by atoms with Crippen molar-refractivity contribution in [1.29, 1.82) is 0 Å². The number of nitrogens with zero attached hydrogens (tertiary/aromatic N) is 1. The van der Waals surface area contributed by atoms with Crippen LogP contribution in [-0.4, -0.2) is 10.5 Å². The topological polar surface area (TPSA) is 51.1 Å². The van der Waals surface area contributed by atoms with Crippen LogP contribution in [0.25, 0.3) is 0 Å². The number of benzene rings is 2. The standard InChI is InChI=1S/C19H16N2O2S/c1-21-13-7-10-15(19(21)23)18(22)20-16-11-5-6-12-17(16)24-14-8-3-2-4-9-14/h2-13H,1H3,(H,20,22). The van der Waals surface area contributed by atoms with E-state index in [1.165, 1.54) is 10.6 Å². The molecule has 0 saturated carbocycles. The van der Waals surface area contributed by atoms with E-state index in [4.69, 9.17) is 0 Å². The Bertz CT molecular complexity index is 920. The zero-order valence-electron chi connectivity index (χ0n) is 13.1. The number of nitrogens with one attached hydrogen (secondary N) is 1. The van der Waals surface area contributed by atoms with E-state index < -0.39 is 5.91 Å². The van der Waals surface area contributed by atoms with E-state index in [0.29, 0.717) is 5.69 Å². The largest absolute Gasteiger partial charge is 0.321 e. The smallest absolute Gasteiger partial charge is 0.263 e. The third-order valence-electron chi connectivity index (χ3n) is 3.47. The molecule has 3 rings (SSSR count). The van der Waals surface area contributed by atoms with Crippen molar-refractivity contribution in [2.45, 2.75) is 9.79 Å². The van der Waals surface area contributed by atoms with E-state index >= 15 is 0 Å². The van der Waals surface area contributed by atoms with Crippen LogP contribution in [0, 0.1) is 0 Å². The first-order chi connectivity index (χ1) is 11.6.